The maximum Gasteiger partial charge on any atom is 0.267 e. The zero-order chi connectivity index (χ0) is 21.0. The Morgan fingerprint density at radius 2 is 1.83 bits per heavy atom. The summed E-state index contributed by atoms with van der Waals surface area (Å²) in [7, 11) is 1.58. The average molecular weight is 395 g/mol. The van der Waals surface area contributed by atoms with Gasteiger partial charge in [0.05, 0.1) is 12.2 Å². The van der Waals surface area contributed by atoms with Crippen LogP contribution in [0.25, 0.3) is 0 Å². The molecule has 1 N–H and O–H groups in total. The van der Waals surface area contributed by atoms with Gasteiger partial charge in [0, 0.05) is 25.7 Å². The fraction of sp³-hybridized carbons (Fsp3) is 0.318. The number of carbonyl (C=O) groups is 3. The van der Waals surface area contributed by atoms with Gasteiger partial charge < -0.3 is 19.9 Å². The van der Waals surface area contributed by atoms with E-state index in [-0.39, 0.29) is 37.2 Å². The highest BCUT2D eigenvalue weighted by molar-refractivity contribution is 6.00. The van der Waals surface area contributed by atoms with E-state index in [9.17, 15) is 14.4 Å². The first-order valence-electron chi connectivity index (χ1n) is 9.52. The van der Waals surface area contributed by atoms with Crippen LogP contribution >= 0.6 is 0 Å². The molecule has 0 bridgehead atoms. The molecule has 1 heterocycles. The van der Waals surface area contributed by atoms with Crippen LogP contribution in [0, 0.1) is 6.92 Å². The Bertz CT molecular complexity index is 911. The van der Waals surface area contributed by atoms with Crippen LogP contribution in [-0.2, 0) is 14.4 Å². The molecule has 3 rings (SSSR count). The summed E-state index contributed by atoms with van der Waals surface area (Å²) in [6.45, 7) is 3.83. The molecule has 0 fully saturated rings. The van der Waals surface area contributed by atoms with Gasteiger partial charge in [-0.3, -0.25) is 14.4 Å². The molecule has 3 amide bonds. The van der Waals surface area contributed by atoms with E-state index in [2.05, 4.69) is 5.32 Å². The monoisotopic (exact) mass is 395 g/mol. The zero-order valence-corrected chi connectivity index (χ0v) is 16.8. The van der Waals surface area contributed by atoms with Gasteiger partial charge >= 0.3 is 0 Å². The molecule has 2 aromatic carbocycles. The molecule has 1 aliphatic rings. The van der Waals surface area contributed by atoms with Crippen LogP contribution < -0.4 is 15.0 Å². The van der Waals surface area contributed by atoms with Crippen molar-refractivity contribution in [3.05, 3.63) is 54.1 Å². The minimum absolute atomic E-state index is 0.0588. The second kappa shape index (κ2) is 8.77. The van der Waals surface area contributed by atoms with Gasteiger partial charge in [-0.1, -0.05) is 29.8 Å². The Kier molecular flexibility index (Phi) is 6.16. The highest BCUT2D eigenvalue weighted by Crippen LogP contribution is 2.33. The largest absolute Gasteiger partial charge is 0.479 e. The second-order valence-corrected chi connectivity index (χ2v) is 7.13. The first-order chi connectivity index (χ1) is 13.8. The van der Waals surface area contributed by atoms with Crippen LogP contribution in [0.3, 0.4) is 0 Å². The fourth-order valence-corrected chi connectivity index (χ4v) is 3.13. The Morgan fingerprint density at radius 3 is 2.55 bits per heavy atom. The van der Waals surface area contributed by atoms with E-state index in [1.807, 2.05) is 43.3 Å². The molecule has 152 valence electrons. The fourth-order valence-electron chi connectivity index (χ4n) is 3.13. The molecule has 0 saturated heterocycles. The topological polar surface area (TPSA) is 79.0 Å². The molecule has 0 unspecified atom stereocenters. The van der Waals surface area contributed by atoms with Crippen molar-refractivity contribution in [3.8, 4) is 5.75 Å². The molecular weight excluding hydrogens is 370 g/mol. The lowest BCUT2D eigenvalue weighted by Gasteiger charge is -2.33. The van der Waals surface area contributed by atoms with E-state index in [4.69, 9.17) is 4.74 Å². The summed E-state index contributed by atoms with van der Waals surface area (Å²) < 4.78 is 5.61. The third-order valence-electron chi connectivity index (χ3n) is 4.76. The van der Waals surface area contributed by atoms with Gasteiger partial charge in [0.2, 0.25) is 11.8 Å². The molecule has 2 aromatic rings. The average Bonchev–Trinajstić information content (AvgIpc) is 2.69. The molecule has 7 heteroatoms. The SMILES string of the molecule is Cc1ccc(NC(=O)CN(C)C(=O)CCN2C(=O)[C@H](C)Oc3ccccc32)cc1. The molecule has 0 aromatic heterocycles. The molecular formula is C22H25N3O4. The summed E-state index contributed by atoms with van der Waals surface area (Å²) in [4.78, 5) is 40.1. The first kappa shape index (κ1) is 20.4. The third kappa shape index (κ3) is 4.93. The number of hydrogen-bond donors (Lipinski definition) is 1. The maximum atomic E-state index is 12.5. The number of para-hydroxylation sites is 2. The van der Waals surface area contributed by atoms with Gasteiger partial charge in [-0.05, 0) is 38.1 Å². The number of nitrogens with one attached hydrogen (secondary N) is 1. The molecule has 29 heavy (non-hydrogen) atoms. The number of aryl methyl sites for hydroxylation is 1. The van der Waals surface area contributed by atoms with E-state index in [0.717, 1.165) is 5.56 Å². The minimum Gasteiger partial charge on any atom is -0.479 e. The summed E-state index contributed by atoms with van der Waals surface area (Å²) >= 11 is 0. The summed E-state index contributed by atoms with van der Waals surface area (Å²) in [6, 6.07) is 14.7. The highest BCUT2D eigenvalue weighted by atomic mass is 16.5. The van der Waals surface area contributed by atoms with Crippen molar-refractivity contribution < 1.29 is 19.1 Å². The molecule has 0 radical (unpaired) electrons. The van der Waals surface area contributed by atoms with Crippen molar-refractivity contribution in [2.24, 2.45) is 0 Å². The van der Waals surface area contributed by atoms with Crippen LogP contribution in [0.15, 0.2) is 48.5 Å². The van der Waals surface area contributed by atoms with E-state index < -0.39 is 6.10 Å². The number of rotatable bonds is 6. The van der Waals surface area contributed by atoms with Crippen molar-refractivity contribution >= 4 is 29.1 Å². The van der Waals surface area contributed by atoms with Crippen molar-refractivity contribution in [2.75, 3.05) is 30.4 Å². The van der Waals surface area contributed by atoms with E-state index in [0.29, 0.717) is 17.1 Å². The van der Waals surface area contributed by atoms with Gasteiger partial charge in [-0.25, -0.2) is 0 Å². The predicted molar refractivity (Wildman–Crippen MR) is 111 cm³/mol. The van der Waals surface area contributed by atoms with Gasteiger partial charge in [0.1, 0.15) is 5.75 Å². The van der Waals surface area contributed by atoms with Crippen LogP contribution in [0.5, 0.6) is 5.75 Å². The molecule has 0 spiro atoms. The Hall–Kier alpha value is -3.35. The summed E-state index contributed by atoms with van der Waals surface area (Å²) in [6.07, 6.45) is -0.487. The number of anilines is 2. The molecule has 0 saturated carbocycles. The number of ether oxygens (including phenoxy) is 1. The van der Waals surface area contributed by atoms with Crippen LogP contribution in [0.2, 0.25) is 0 Å². The molecule has 1 atom stereocenters. The lowest BCUT2D eigenvalue weighted by molar-refractivity contribution is -0.133. The lowest BCUT2D eigenvalue weighted by Crippen LogP contribution is -2.46. The number of benzene rings is 2. The molecule has 1 aliphatic heterocycles. The van der Waals surface area contributed by atoms with Gasteiger partial charge in [0.25, 0.3) is 5.91 Å². The minimum atomic E-state index is -0.599. The number of fused-ring (bicyclic) bond motifs is 1. The first-order valence-corrected chi connectivity index (χ1v) is 9.52. The van der Waals surface area contributed by atoms with Gasteiger partial charge in [0.15, 0.2) is 6.10 Å². The van der Waals surface area contributed by atoms with Crippen LogP contribution in [0.4, 0.5) is 11.4 Å². The van der Waals surface area contributed by atoms with Crippen LogP contribution in [-0.4, -0.2) is 48.9 Å². The van der Waals surface area contributed by atoms with E-state index >= 15 is 0 Å². The number of amides is 3. The van der Waals surface area contributed by atoms with Crippen molar-refractivity contribution in [2.45, 2.75) is 26.4 Å². The van der Waals surface area contributed by atoms with Crippen LogP contribution in [0.1, 0.15) is 18.9 Å². The Morgan fingerprint density at radius 1 is 1.14 bits per heavy atom. The van der Waals surface area contributed by atoms with Crippen molar-refractivity contribution in [3.63, 3.8) is 0 Å². The number of hydrogen-bond acceptors (Lipinski definition) is 4. The van der Waals surface area contributed by atoms with Crippen molar-refractivity contribution in [1.82, 2.24) is 4.90 Å². The van der Waals surface area contributed by atoms with E-state index in [1.165, 1.54) is 4.90 Å². The number of likely N-dealkylation sites (N-methyl/N-ethyl adjacent to an activating group) is 1. The zero-order valence-electron chi connectivity index (χ0n) is 16.8. The molecule has 7 nitrogen and oxygen atoms in total. The lowest BCUT2D eigenvalue weighted by atomic mass is 10.1. The van der Waals surface area contributed by atoms with Gasteiger partial charge in [-0.2, -0.15) is 0 Å². The second-order valence-electron chi connectivity index (χ2n) is 7.13. The predicted octanol–water partition coefficient (Wildman–Crippen LogP) is 2.60. The van der Waals surface area contributed by atoms with E-state index in [1.54, 1.807) is 31.0 Å². The smallest absolute Gasteiger partial charge is 0.267 e. The number of carbonyl (C=O) groups excluding carboxylic acids is 3. The normalized spacial score (nSPS) is 15.3. The maximum absolute atomic E-state index is 12.5. The van der Waals surface area contributed by atoms with Crippen molar-refractivity contribution in [1.29, 1.82) is 0 Å². The summed E-state index contributed by atoms with van der Waals surface area (Å²) in [5.74, 6) is -0.0475. The Labute approximate surface area is 170 Å². The Balaban J connectivity index is 1.55. The number of nitrogens with zero attached hydrogens (tertiary/aromatic N) is 2. The summed E-state index contributed by atoms with van der Waals surface area (Å²) in [5.41, 5.74) is 2.44. The van der Waals surface area contributed by atoms with Gasteiger partial charge in [-0.15, -0.1) is 0 Å². The molecule has 0 aliphatic carbocycles. The highest BCUT2D eigenvalue weighted by Gasteiger charge is 2.31. The quantitative estimate of drug-likeness (QED) is 0.815. The standard InChI is InChI=1S/C22H25N3O4/c1-15-8-10-17(11-9-15)23-20(26)14-24(3)21(27)12-13-25-18-6-4-5-7-19(18)29-16(2)22(25)28/h4-11,16H,12-14H2,1-3H3,(H,23,26)/t16-/m0/s1. The third-order valence-corrected chi connectivity index (χ3v) is 4.76. The summed E-state index contributed by atoms with van der Waals surface area (Å²) in [5, 5.41) is 2.77.